The van der Waals surface area contributed by atoms with Gasteiger partial charge in [-0.05, 0) is 11.1 Å². The molecule has 170 valence electrons. The minimum absolute atomic E-state index is 0.152. The van der Waals surface area contributed by atoms with E-state index in [9.17, 15) is 29.4 Å². The van der Waals surface area contributed by atoms with Crippen molar-refractivity contribution in [2.24, 2.45) is 11.5 Å². The predicted molar refractivity (Wildman–Crippen MR) is 124 cm³/mol. The van der Waals surface area contributed by atoms with Crippen LogP contribution in [0.1, 0.15) is 11.1 Å². The van der Waals surface area contributed by atoms with Crippen molar-refractivity contribution in [3.8, 4) is 0 Å². The number of carbonyl (C=O) groups is 4. The van der Waals surface area contributed by atoms with Crippen LogP contribution in [-0.4, -0.2) is 56.3 Å². The molecule has 2 aromatic rings. The number of benzene rings is 2. The lowest BCUT2D eigenvalue weighted by Crippen LogP contribution is -2.58. The van der Waals surface area contributed by atoms with Gasteiger partial charge in [0.2, 0.25) is 0 Å². The standard InChI is InChI=1S/C22H24N2O6S2/c23-21(19(27)28,17(25)11-15-7-3-1-4-8-15)13-31-32-14-22(24,20(29)30)18(26)12-16-9-5-2-6-10-16/h1-10H,11-14,23-24H2,(H,27,28)(H,29,30)/t21-,22-/m1/s1. The largest absolute Gasteiger partial charge is 0.480 e. The fourth-order valence-electron chi connectivity index (χ4n) is 2.67. The quantitative estimate of drug-likeness (QED) is 0.190. The van der Waals surface area contributed by atoms with Crippen LogP contribution in [0.15, 0.2) is 60.7 Å². The second-order valence-electron chi connectivity index (χ2n) is 7.25. The lowest BCUT2D eigenvalue weighted by Gasteiger charge is -2.25. The van der Waals surface area contributed by atoms with Gasteiger partial charge >= 0.3 is 11.9 Å². The van der Waals surface area contributed by atoms with Gasteiger partial charge in [0.15, 0.2) is 22.6 Å². The van der Waals surface area contributed by atoms with E-state index in [0.29, 0.717) is 11.1 Å². The van der Waals surface area contributed by atoms with E-state index in [4.69, 9.17) is 11.5 Å². The predicted octanol–water partition coefficient (Wildman–Crippen LogP) is 1.56. The number of carboxylic acids is 2. The molecule has 0 aromatic heterocycles. The molecule has 0 aliphatic carbocycles. The van der Waals surface area contributed by atoms with Crippen LogP contribution in [0.3, 0.4) is 0 Å². The van der Waals surface area contributed by atoms with Gasteiger partial charge < -0.3 is 21.7 Å². The maximum Gasteiger partial charge on any atom is 0.332 e. The Balaban J connectivity index is 2.00. The minimum Gasteiger partial charge on any atom is -0.480 e. The molecule has 0 amide bonds. The summed E-state index contributed by atoms with van der Waals surface area (Å²) in [4.78, 5) is 48.6. The third-order valence-corrected chi connectivity index (χ3v) is 7.35. The molecule has 0 aliphatic heterocycles. The summed E-state index contributed by atoms with van der Waals surface area (Å²) in [7, 11) is 1.78. The van der Waals surface area contributed by atoms with Gasteiger partial charge in [-0.15, -0.1) is 0 Å². The molecule has 32 heavy (non-hydrogen) atoms. The minimum atomic E-state index is -2.16. The molecule has 2 atom stereocenters. The van der Waals surface area contributed by atoms with E-state index in [0.717, 1.165) is 21.6 Å². The molecule has 10 heteroatoms. The first kappa shape index (κ1) is 25.6. The summed E-state index contributed by atoms with van der Waals surface area (Å²) in [5.41, 5.74) is 8.74. The van der Waals surface area contributed by atoms with Crippen LogP contribution in [0, 0.1) is 0 Å². The van der Waals surface area contributed by atoms with Crippen LogP contribution >= 0.6 is 21.6 Å². The van der Waals surface area contributed by atoms with Crippen LogP contribution < -0.4 is 11.5 Å². The van der Waals surface area contributed by atoms with E-state index < -0.39 is 34.6 Å². The zero-order valence-electron chi connectivity index (χ0n) is 17.1. The Morgan fingerprint density at radius 1 is 0.656 bits per heavy atom. The van der Waals surface area contributed by atoms with Crippen molar-refractivity contribution in [3.63, 3.8) is 0 Å². The Bertz CT molecular complexity index is 893. The van der Waals surface area contributed by atoms with E-state index in [1.807, 2.05) is 0 Å². The number of hydrogen-bond acceptors (Lipinski definition) is 8. The fraction of sp³-hybridized carbons (Fsp3) is 0.273. The number of carboxylic acid groups (broad SMARTS) is 2. The van der Waals surface area contributed by atoms with E-state index >= 15 is 0 Å². The van der Waals surface area contributed by atoms with Crippen LogP contribution in [-0.2, 0) is 32.0 Å². The lowest BCUT2D eigenvalue weighted by atomic mass is 9.92. The topological polar surface area (TPSA) is 161 Å². The van der Waals surface area contributed by atoms with Crippen molar-refractivity contribution < 1.29 is 29.4 Å². The van der Waals surface area contributed by atoms with Crippen LogP contribution in [0.5, 0.6) is 0 Å². The zero-order valence-corrected chi connectivity index (χ0v) is 18.7. The monoisotopic (exact) mass is 476 g/mol. The molecular formula is C22H24N2O6S2. The van der Waals surface area contributed by atoms with Crippen LogP contribution in [0.4, 0.5) is 0 Å². The Labute approximate surface area is 193 Å². The highest BCUT2D eigenvalue weighted by Crippen LogP contribution is 2.30. The van der Waals surface area contributed by atoms with Gasteiger partial charge in [-0.25, -0.2) is 9.59 Å². The smallest absolute Gasteiger partial charge is 0.332 e. The normalized spacial score (nSPS) is 14.7. The number of aliphatic carboxylic acids is 2. The van der Waals surface area contributed by atoms with Gasteiger partial charge in [0.25, 0.3) is 0 Å². The first-order chi connectivity index (χ1) is 15.1. The average Bonchev–Trinajstić information content (AvgIpc) is 2.77. The third kappa shape index (κ3) is 6.42. The van der Waals surface area contributed by atoms with E-state index in [1.165, 1.54) is 0 Å². The molecule has 0 saturated carbocycles. The highest BCUT2D eigenvalue weighted by Gasteiger charge is 2.44. The molecule has 0 radical (unpaired) electrons. The maximum absolute atomic E-state index is 12.6. The zero-order chi connectivity index (χ0) is 23.8. The third-order valence-electron chi connectivity index (χ3n) is 4.83. The van der Waals surface area contributed by atoms with Crippen molar-refractivity contribution in [2.45, 2.75) is 23.9 Å². The van der Waals surface area contributed by atoms with Gasteiger partial charge in [0.1, 0.15) is 0 Å². The first-order valence-corrected chi connectivity index (χ1v) is 12.0. The summed E-state index contributed by atoms with van der Waals surface area (Å²) in [6.45, 7) is 0. The second kappa shape index (κ2) is 11.3. The van der Waals surface area contributed by atoms with Crippen molar-refractivity contribution >= 4 is 45.1 Å². The molecule has 0 heterocycles. The highest BCUT2D eigenvalue weighted by atomic mass is 33.1. The van der Waals surface area contributed by atoms with E-state index in [1.54, 1.807) is 60.7 Å². The molecule has 0 aliphatic rings. The van der Waals surface area contributed by atoms with Gasteiger partial charge in [-0.1, -0.05) is 82.3 Å². The number of carbonyl (C=O) groups excluding carboxylic acids is 2. The SMILES string of the molecule is N[C@@](CSSC[C@](N)(C(=O)O)C(=O)Cc1ccccc1)(C(=O)O)C(=O)Cc1ccccc1. The first-order valence-electron chi connectivity index (χ1n) is 9.53. The number of Topliss-reactive ketones (excluding diaryl/α,β-unsaturated/α-hetero) is 2. The number of nitrogens with two attached hydrogens (primary N) is 2. The van der Waals surface area contributed by atoms with Gasteiger partial charge in [0.05, 0.1) is 0 Å². The van der Waals surface area contributed by atoms with Crippen molar-refractivity contribution in [2.75, 3.05) is 11.5 Å². The molecular weight excluding hydrogens is 452 g/mol. The van der Waals surface area contributed by atoms with E-state index in [-0.39, 0.29) is 24.3 Å². The van der Waals surface area contributed by atoms with Gasteiger partial charge in [-0.3, -0.25) is 9.59 Å². The molecule has 6 N–H and O–H groups in total. The lowest BCUT2D eigenvalue weighted by molar-refractivity contribution is -0.148. The number of hydrogen-bond donors (Lipinski definition) is 4. The van der Waals surface area contributed by atoms with Gasteiger partial charge in [-0.2, -0.15) is 0 Å². The summed E-state index contributed by atoms with van der Waals surface area (Å²) >= 11 is 0. The maximum atomic E-state index is 12.6. The second-order valence-corrected chi connectivity index (χ2v) is 9.71. The van der Waals surface area contributed by atoms with E-state index in [2.05, 4.69) is 0 Å². The van der Waals surface area contributed by atoms with Crippen LogP contribution in [0.25, 0.3) is 0 Å². The Morgan fingerprint density at radius 2 is 0.969 bits per heavy atom. The summed E-state index contributed by atoms with van der Waals surface area (Å²) < 4.78 is 0. The molecule has 0 bridgehead atoms. The molecule has 0 unspecified atom stereocenters. The summed E-state index contributed by atoms with van der Waals surface area (Å²) in [5.74, 6) is -4.96. The van der Waals surface area contributed by atoms with Crippen molar-refractivity contribution in [3.05, 3.63) is 71.8 Å². The van der Waals surface area contributed by atoms with Gasteiger partial charge in [0, 0.05) is 24.3 Å². The number of rotatable bonds is 13. The van der Waals surface area contributed by atoms with Crippen molar-refractivity contribution in [1.29, 1.82) is 0 Å². The summed E-state index contributed by atoms with van der Waals surface area (Å²) in [6, 6.07) is 17.2. The molecule has 8 nitrogen and oxygen atoms in total. The Kier molecular flexibility index (Phi) is 9.02. The number of ketones is 2. The molecule has 2 aromatic carbocycles. The highest BCUT2D eigenvalue weighted by molar-refractivity contribution is 8.76. The molecule has 0 saturated heterocycles. The Morgan fingerprint density at radius 3 is 1.25 bits per heavy atom. The summed E-state index contributed by atoms with van der Waals surface area (Å²) in [6.07, 6.45) is -0.305. The van der Waals surface area contributed by atoms with Crippen LogP contribution in [0.2, 0.25) is 0 Å². The summed E-state index contributed by atoms with van der Waals surface area (Å²) in [5, 5.41) is 19.1. The fourth-order valence-corrected chi connectivity index (χ4v) is 5.39. The van der Waals surface area contributed by atoms with Crippen molar-refractivity contribution in [1.82, 2.24) is 0 Å². The molecule has 0 spiro atoms. The Hall–Kier alpha value is -2.66. The molecule has 0 fully saturated rings. The average molecular weight is 477 g/mol. The molecule has 2 rings (SSSR count).